The Morgan fingerprint density at radius 1 is 0.949 bits per heavy atom. The number of nitrogens with zero attached hydrogens (tertiary/aromatic N) is 1. The second kappa shape index (κ2) is 11.1. The number of ether oxygens (including phenoxy) is 2. The maximum Gasteiger partial charge on any atom is 0.295 e. The summed E-state index contributed by atoms with van der Waals surface area (Å²) in [5.41, 5.74) is 3.76. The van der Waals surface area contributed by atoms with Gasteiger partial charge in [0.15, 0.2) is 5.43 Å². The molecule has 0 spiro atoms. The number of anilines is 1. The minimum atomic E-state index is -0.696. The monoisotopic (exact) mass is 545 g/mol. The number of fused-ring (bicyclic) bond motifs is 2. The fourth-order valence-electron chi connectivity index (χ4n) is 5.08. The number of unbranched alkanes of at least 4 members (excludes halogenated alkanes) is 3. The van der Waals surface area contributed by atoms with Crippen molar-refractivity contribution >= 4 is 34.2 Å². The predicted octanol–water partition coefficient (Wildman–Crippen LogP) is 7.78. The van der Waals surface area contributed by atoms with Gasteiger partial charge in [-0.15, -0.1) is 0 Å². The molecule has 1 aromatic heterocycles. The summed E-state index contributed by atoms with van der Waals surface area (Å²) in [7, 11) is 1.53. The molecule has 0 bridgehead atoms. The zero-order valence-electron chi connectivity index (χ0n) is 22.7. The van der Waals surface area contributed by atoms with E-state index in [-0.39, 0.29) is 11.2 Å². The summed E-state index contributed by atoms with van der Waals surface area (Å²) in [6.45, 7) is 6.73. The van der Waals surface area contributed by atoms with Gasteiger partial charge in [-0.2, -0.15) is 0 Å². The molecule has 3 aromatic carbocycles. The van der Waals surface area contributed by atoms with Crippen LogP contribution in [0.1, 0.15) is 71.5 Å². The topological polar surface area (TPSA) is 69.0 Å². The van der Waals surface area contributed by atoms with Crippen LogP contribution in [-0.2, 0) is 0 Å². The molecule has 7 heteroatoms. The molecule has 0 N–H and O–H groups in total. The van der Waals surface area contributed by atoms with E-state index in [1.807, 2.05) is 50.2 Å². The van der Waals surface area contributed by atoms with Crippen LogP contribution in [0.3, 0.4) is 0 Å². The highest BCUT2D eigenvalue weighted by Crippen LogP contribution is 2.43. The maximum absolute atomic E-state index is 13.9. The lowest BCUT2D eigenvalue weighted by atomic mass is 9.97. The van der Waals surface area contributed by atoms with Gasteiger partial charge in [0.2, 0.25) is 5.76 Å². The predicted molar refractivity (Wildman–Crippen MR) is 155 cm³/mol. The summed E-state index contributed by atoms with van der Waals surface area (Å²) in [6.07, 6.45) is 4.50. The summed E-state index contributed by atoms with van der Waals surface area (Å²) >= 11 is 6.45. The summed E-state index contributed by atoms with van der Waals surface area (Å²) in [5.74, 6) is 0.886. The van der Waals surface area contributed by atoms with Crippen LogP contribution < -0.4 is 19.8 Å². The lowest BCUT2D eigenvalue weighted by molar-refractivity contribution is 0.0971. The van der Waals surface area contributed by atoms with Crippen LogP contribution in [0.25, 0.3) is 11.0 Å². The van der Waals surface area contributed by atoms with Crippen molar-refractivity contribution in [2.75, 3.05) is 18.6 Å². The maximum atomic E-state index is 13.9. The van der Waals surface area contributed by atoms with E-state index in [4.69, 9.17) is 25.5 Å². The van der Waals surface area contributed by atoms with E-state index in [1.165, 1.54) is 20.0 Å². The van der Waals surface area contributed by atoms with Crippen LogP contribution in [0.4, 0.5) is 5.69 Å². The van der Waals surface area contributed by atoms with E-state index < -0.39 is 11.9 Å². The van der Waals surface area contributed by atoms with Crippen LogP contribution in [0.5, 0.6) is 11.5 Å². The number of carbonyl (C=O) groups excluding carboxylic acids is 1. The van der Waals surface area contributed by atoms with Crippen molar-refractivity contribution in [2.24, 2.45) is 0 Å². The molecule has 0 radical (unpaired) electrons. The molecular formula is C32H32ClNO5. The first-order valence-corrected chi connectivity index (χ1v) is 13.7. The SMILES string of the molecule is CCCCCCOc1ccc(C2c3c(oc4cc(C)c(C)cc4c3=O)C(=O)N2c2ccc(OC)c(Cl)c2)cc1. The first-order chi connectivity index (χ1) is 18.8. The van der Waals surface area contributed by atoms with Gasteiger partial charge in [0.25, 0.3) is 5.91 Å². The first-order valence-electron chi connectivity index (χ1n) is 13.3. The lowest BCUT2D eigenvalue weighted by Gasteiger charge is -2.26. The normalized spacial score (nSPS) is 14.6. The molecule has 39 heavy (non-hydrogen) atoms. The van der Waals surface area contributed by atoms with Gasteiger partial charge in [-0.05, 0) is 79.4 Å². The van der Waals surface area contributed by atoms with Crippen LogP contribution >= 0.6 is 11.6 Å². The molecule has 5 rings (SSSR count). The smallest absolute Gasteiger partial charge is 0.295 e. The standard InChI is InChI=1S/C32H32ClNO5/c1-5-6-7-8-15-38-23-12-9-21(10-13-23)29-28-30(35)24-16-19(2)20(3)17-27(24)39-31(28)32(36)34(29)22-11-14-26(37-4)25(33)18-22/h9-14,16-18,29H,5-8,15H2,1-4H3. The second-order valence-electron chi connectivity index (χ2n) is 9.98. The summed E-state index contributed by atoms with van der Waals surface area (Å²) in [4.78, 5) is 29.4. The van der Waals surface area contributed by atoms with Crippen LogP contribution in [-0.4, -0.2) is 19.6 Å². The molecule has 4 aromatic rings. The van der Waals surface area contributed by atoms with Crippen molar-refractivity contribution in [1.82, 2.24) is 0 Å². The van der Waals surface area contributed by atoms with Gasteiger partial charge in [-0.3, -0.25) is 14.5 Å². The minimum absolute atomic E-state index is 0.0453. The molecule has 1 atom stereocenters. The van der Waals surface area contributed by atoms with E-state index in [0.717, 1.165) is 35.3 Å². The van der Waals surface area contributed by atoms with Gasteiger partial charge in [-0.25, -0.2) is 0 Å². The number of hydrogen-bond donors (Lipinski definition) is 0. The quantitative estimate of drug-likeness (QED) is 0.201. The Bertz CT molecular complexity index is 1590. The Morgan fingerprint density at radius 2 is 1.69 bits per heavy atom. The Labute approximate surface area is 233 Å². The molecule has 1 unspecified atom stereocenters. The van der Waals surface area contributed by atoms with Crippen molar-refractivity contribution in [2.45, 2.75) is 52.5 Å². The third kappa shape index (κ3) is 5.01. The molecule has 0 saturated heterocycles. The molecule has 202 valence electrons. The Balaban J connectivity index is 1.60. The van der Waals surface area contributed by atoms with E-state index in [2.05, 4.69) is 6.92 Å². The largest absolute Gasteiger partial charge is 0.495 e. The zero-order valence-corrected chi connectivity index (χ0v) is 23.4. The van der Waals surface area contributed by atoms with Crippen molar-refractivity contribution in [3.63, 3.8) is 0 Å². The average molecular weight is 546 g/mol. The van der Waals surface area contributed by atoms with Gasteiger partial charge in [0.05, 0.1) is 35.7 Å². The van der Waals surface area contributed by atoms with Crippen LogP contribution in [0.2, 0.25) is 5.02 Å². The Hall–Kier alpha value is -3.77. The van der Waals surface area contributed by atoms with Crippen LogP contribution in [0.15, 0.2) is 63.8 Å². The number of hydrogen-bond acceptors (Lipinski definition) is 5. The number of aryl methyl sites for hydroxylation is 2. The number of benzene rings is 3. The second-order valence-corrected chi connectivity index (χ2v) is 10.4. The van der Waals surface area contributed by atoms with Gasteiger partial charge in [-0.1, -0.05) is 49.9 Å². The summed E-state index contributed by atoms with van der Waals surface area (Å²) in [6, 6.07) is 15.6. The molecular weight excluding hydrogens is 514 g/mol. The molecule has 1 aliphatic heterocycles. The molecule has 0 saturated carbocycles. The highest BCUT2D eigenvalue weighted by atomic mass is 35.5. The molecule has 2 heterocycles. The van der Waals surface area contributed by atoms with Crippen LogP contribution in [0, 0.1) is 13.8 Å². The molecule has 0 fully saturated rings. The third-order valence-corrected chi connectivity index (χ3v) is 7.66. The lowest BCUT2D eigenvalue weighted by Crippen LogP contribution is -2.29. The minimum Gasteiger partial charge on any atom is -0.495 e. The van der Waals surface area contributed by atoms with E-state index in [0.29, 0.717) is 39.6 Å². The highest BCUT2D eigenvalue weighted by molar-refractivity contribution is 6.32. The van der Waals surface area contributed by atoms with Crippen molar-refractivity contribution in [3.05, 3.63) is 97.9 Å². The van der Waals surface area contributed by atoms with E-state index in [1.54, 1.807) is 23.1 Å². The molecule has 1 amide bonds. The number of amides is 1. The van der Waals surface area contributed by atoms with Crippen molar-refractivity contribution < 1.29 is 18.7 Å². The van der Waals surface area contributed by atoms with Crippen molar-refractivity contribution in [3.8, 4) is 11.5 Å². The zero-order chi connectivity index (χ0) is 27.7. The average Bonchev–Trinajstić information content (AvgIpc) is 3.22. The third-order valence-electron chi connectivity index (χ3n) is 7.36. The van der Waals surface area contributed by atoms with Gasteiger partial charge >= 0.3 is 0 Å². The van der Waals surface area contributed by atoms with Gasteiger partial charge in [0, 0.05) is 5.69 Å². The fraction of sp³-hybridized carbons (Fsp3) is 0.312. The Kier molecular flexibility index (Phi) is 7.67. The fourth-order valence-corrected chi connectivity index (χ4v) is 5.33. The van der Waals surface area contributed by atoms with E-state index >= 15 is 0 Å². The number of halogens is 1. The number of methoxy groups -OCH3 is 1. The molecule has 1 aliphatic rings. The van der Waals surface area contributed by atoms with Crippen molar-refractivity contribution in [1.29, 1.82) is 0 Å². The summed E-state index contributed by atoms with van der Waals surface area (Å²) < 4.78 is 17.4. The Morgan fingerprint density at radius 3 is 2.38 bits per heavy atom. The van der Waals surface area contributed by atoms with Gasteiger partial charge < -0.3 is 13.9 Å². The number of carbonyl (C=O) groups is 1. The first kappa shape index (κ1) is 26.8. The van der Waals surface area contributed by atoms with Gasteiger partial charge in [0.1, 0.15) is 17.1 Å². The molecule has 6 nitrogen and oxygen atoms in total. The number of rotatable bonds is 9. The van der Waals surface area contributed by atoms with E-state index in [9.17, 15) is 9.59 Å². The highest BCUT2D eigenvalue weighted by Gasteiger charge is 2.44. The summed E-state index contributed by atoms with van der Waals surface area (Å²) in [5, 5.41) is 0.816. The molecule has 0 aliphatic carbocycles.